The van der Waals surface area contributed by atoms with Gasteiger partial charge in [0.1, 0.15) is 39.6 Å². The number of carbonyl (C=O) groups excluding carboxylic acids is 3. The molecule has 0 bridgehead atoms. The summed E-state index contributed by atoms with van der Waals surface area (Å²) < 4.78 is 470. The fourth-order valence-corrected chi connectivity index (χ4v) is 5.86. The van der Waals surface area contributed by atoms with Crippen LogP contribution < -0.4 is 0 Å². The van der Waals surface area contributed by atoms with E-state index in [1.807, 2.05) is 0 Å². The van der Waals surface area contributed by atoms with Crippen molar-refractivity contribution in [1.29, 1.82) is 0 Å². The lowest BCUT2D eigenvalue weighted by Gasteiger charge is -2.37. The average molecular weight is 1210 g/mol. The van der Waals surface area contributed by atoms with Gasteiger partial charge in [-0.1, -0.05) is 0 Å². The number of rotatable bonds is 30. The molecule has 0 aromatic heterocycles. The molecule has 0 aromatic carbocycles. The van der Waals surface area contributed by atoms with Gasteiger partial charge in [-0.2, -0.15) is 136 Å². The highest BCUT2D eigenvalue weighted by Gasteiger charge is 2.88. The molecule has 0 fully saturated rings. The summed E-state index contributed by atoms with van der Waals surface area (Å²) in [5.41, 5.74) is 0. The van der Waals surface area contributed by atoms with Gasteiger partial charge in [0.05, 0.1) is 32.2 Å². The maximum Gasteiger partial charge on any atom is 0.460 e. The van der Waals surface area contributed by atoms with E-state index in [2.05, 4.69) is 28.4 Å². The van der Waals surface area contributed by atoms with Crippen LogP contribution in [-0.2, 0) is 52.6 Å². The highest BCUT2D eigenvalue weighted by atomic mass is 32.2. The Hall–Kier alpha value is -4.00. The Morgan fingerprint density at radius 3 is 1.00 bits per heavy atom. The number of carbonyl (C=O) groups is 3. The first kappa shape index (κ1) is 71.0. The van der Waals surface area contributed by atoms with E-state index in [4.69, 9.17) is 0 Å². The Labute approximate surface area is 393 Å². The van der Waals surface area contributed by atoms with E-state index in [9.17, 15) is 163 Å². The van der Waals surface area contributed by atoms with E-state index in [-0.39, 0.29) is 6.26 Å². The van der Waals surface area contributed by atoms with E-state index >= 15 is 0 Å². The van der Waals surface area contributed by atoms with Gasteiger partial charge in [0.2, 0.25) is 6.17 Å². The topological polar surface area (TPSA) is 141 Å². The molecule has 0 N–H and O–H groups in total. The van der Waals surface area contributed by atoms with Gasteiger partial charge in [-0.3, -0.25) is 14.4 Å². The van der Waals surface area contributed by atoms with Gasteiger partial charge in [0.15, 0.2) is 15.1 Å². The van der Waals surface area contributed by atoms with E-state index in [1.165, 1.54) is 0 Å². The van der Waals surface area contributed by atoms with Crippen molar-refractivity contribution in [3.8, 4) is 0 Å². The molecule has 0 aliphatic carbocycles. The zero-order valence-electron chi connectivity index (χ0n) is 35.3. The minimum absolute atomic E-state index is 0.144. The molecule has 3 unspecified atom stereocenters. The van der Waals surface area contributed by atoms with Gasteiger partial charge in [0, 0.05) is 6.26 Å². The fraction of sp³-hybridized carbons (Fsp3) is 0.903. The molecule has 75 heavy (non-hydrogen) atoms. The number of halogens is 32. The Morgan fingerprint density at radius 1 is 0.387 bits per heavy atom. The van der Waals surface area contributed by atoms with Crippen molar-refractivity contribution in [2.24, 2.45) is 5.92 Å². The Morgan fingerprint density at radius 2 is 0.693 bits per heavy atom. The van der Waals surface area contributed by atoms with E-state index in [1.54, 1.807) is 0 Å². The molecule has 0 heterocycles. The Balaban J connectivity index is 6.45. The van der Waals surface area contributed by atoms with Gasteiger partial charge < -0.3 is 28.4 Å². The largest absolute Gasteiger partial charge is 0.463 e. The van der Waals surface area contributed by atoms with Crippen LogP contribution in [0.3, 0.4) is 0 Å². The zero-order chi connectivity index (χ0) is 60.3. The number of ether oxygens (including phenoxy) is 6. The monoisotopic (exact) mass is 1210 g/mol. The van der Waals surface area contributed by atoms with Crippen molar-refractivity contribution >= 4 is 27.7 Å². The maximum atomic E-state index is 13.9. The summed E-state index contributed by atoms with van der Waals surface area (Å²) in [4.78, 5) is 38.1. The third kappa shape index (κ3) is 15.0. The predicted molar refractivity (Wildman–Crippen MR) is 170 cm³/mol. The Bertz CT molecular complexity index is 2040. The molecule has 0 radical (unpaired) electrons. The average Bonchev–Trinajstić information content (AvgIpc) is 3.20. The SMILES string of the molecule is CS(=O)(=O)C(C(=O)OCCOCC(F)(F)C(F)(F)C(F)C(F)(F)C(F)(F)F)C(CC(=O)OCCOCC(F)(F)C(F)(F)C(F)(F)C(F)(F)C(F)(F)F)C(=O)OCCOCC(F)(F)C(F)(F)C(F)(F)C(F)(F)C(F)(F)F. The van der Waals surface area contributed by atoms with Gasteiger partial charge in [0.25, 0.3) is 0 Å². The highest BCUT2D eigenvalue weighted by molar-refractivity contribution is 7.92. The standard InChI is InChI=1S/C31H26F32O11S/c1-75(67,68)14(16(66)74-7-4-69-9-18(33,34)21(39,40)17(32)22(41,42)29(55,56)57)12(15(65)73-6-3-71-11-20(37,38)24(45,46)26(49,50)28(53,54)31(61,62)63)8-13(64)72-5-2-70-10-19(35,36)23(43,44)25(47,48)27(51,52)30(58,59)60/h12,14,17H,2-11H2,1H3. The second-order valence-electron chi connectivity index (χ2n) is 14.4. The Kier molecular flexibility index (Phi) is 21.9. The van der Waals surface area contributed by atoms with Crippen LogP contribution in [0.15, 0.2) is 0 Å². The van der Waals surface area contributed by atoms with Crippen molar-refractivity contribution in [2.75, 3.05) is 65.7 Å². The van der Waals surface area contributed by atoms with Crippen molar-refractivity contribution in [1.82, 2.24) is 0 Å². The molecule has 0 amide bonds. The third-order valence-electron chi connectivity index (χ3n) is 8.74. The minimum Gasteiger partial charge on any atom is -0.463 e. The third-order valence-corrected chi connectivity index (χ3v) is 10.2. The summed E-state index contributed by atoms with van der Waals surface area (Å²) in [6.07, 6.45) is -30.7. The number of esters is 3. The van der Waals surface area contributed by atoms with Crippen LogP contribution in [0.2, 0.25) is 0 Å². The summed E-state index contributed by atoms with van der Waals surface area (Å²) >= 11 is 0. The lowest BCUT2D eigenvalue weighted by Crippen LogP contribution is -2.67. The molecule has 0 aliphatic heterocycles. The van der Waals surface area contributed by atoms with Crippen LogP contribution in [0, 0.1) is 5.92 Å². The van der Waals surface area contributed by atoms with Crippen LogP contribution >= 0.6 is 0 Å². The molecular formula is C31H26F32O11S. The lowest BCUT2D eigenvalue weighted by molar-refractivity contribution is -0.424. The van der Waals surface area contributed by atoms with E-state index in [0.29, 0.717) is 0 Å². The second kappa shape index (κ2) is 23.1. The predicted octanol–water partition coefficient (Wildman–Crippen LogP) is 9.10. The van der Waals surface area contributed by atoms with Crippen molar-refractivity contribution < 1.29 is 192 Å². The molecule has 0 spiro atoms. The first-order valence-corrected chi connectivity index (χ1v) is 20.1. The van der Waals surface area contributed by atoms with Crippen LogP contribution in [-0.4, -0.2) is 187 Å². The van der Waals surface area contributed by atoms with Gasteiger partial charge in [-0.15, -0.1) is 0 Å². The van der Waals surface area contributed by atoms with Crippen molar-refractivity contribution in [2.45, 2.75) is 102 Å². The van der Waals surface area contributed by atoms with Crippen molar-refractivity contribution in [3.63, 3.8) is 0 Å². The molecule has 11 nitrogen and oxygen atoms in total. The van der Waals surface area contributed by atoms with Gasteiger partial charge >= 0.3 is 102 Å². The highest BCUT2D eigenvalue weighted by Crippen LogP contribution is 2.59. The maximum absolute atomic E-state index is 13.9. The number of alkyl halides is 32. The second-order valence-corrected chi connectivity index (χ2v) is 16.6. The number of sulfone groups is 1. The number of hydrogen-bond donors (Lipinski definition) is 0. The zero-order valence-corrected chi connectivity index (χ0v) is 36.1. The summed E-state index contributed by atoms with van der Waals surface area (Å²) in [7, 11) is -5.51. The summed E-state index contributed by atoms with van der Waals surface area (Å²) in [5, 5.41) is -3.42. The fourth-order valence-electron chi connectivity index (χ4n) is 4.64. The van der Waals surface area contributed by atoms with Crippen LogP contribution in [0.5, 0.6) is 0 Å². The normalized spacial score (nSPS) is 16.3. The molecule has 0 aliphatic rings. The molecule has 446 valence electrons. The lowest BCUT2D eigenvalue weighted by atomic mass is 9.98. The van der Waals surface area contributed by atoms with Crippen LogP contribution in [0.4, 0.5) is 140 Å². The summed E-state index contributed by atoms with van der Waals surface area (Å²) in [6.45, 7) is -20.8. The van der Waals surface area contributed by atoms with Gasteiger partial charge in [-0.25, -0.2) is 12.8 Å². The van der Waals surface area contributed by atoms with Crippen LogP contribution in [0.1, 0.15) is 6.42 Å². The molecule has 0 aromatic rings. The minimum atomic E-state index is -7.97. The first-order valence-electron chi connectivity index (χ1n) is 18.2. The van der Waals surface area contributed by atoms with E-state index < -0.39 is 195 Å². The first-order chi connectivity index (χ1) is 32.8. The quantitative estimate of drug-likeness (QED) is 0.0295. The van der Waals surface area contributed by atoms with Crippen molar-refractivity contribution in [3.05, 3.63) is 0 Å². The number of hydrogen-bond acceptors (Lipinski definition) is 11. The molecule has 0 rings (SSSR count). The summed E-state index contributed by atoms with van der Waals surface area (Å²) in [6, 6.07) is 0. The molecule has 0 saturated carbocycles. The molecular weight excluding hydrogens is 1190 g/mol. The smallest absolute Gasteiger partial charge is 0.460 e. The molecule has 0 saturated heterocycles. The van der Waals surface area contributed by atoms with Crippen LogP contribution in [0.25, 0.3) is 0 Å². The summed E-state index contributed by atoms with van der Waals surface area (Å²) in [5.74, 6) is -91.3. The van der Waals surface area contributed by atoms with E-state index in [0.717, 1.165) is 0 Å². The van der Waals surface area contributed by atoms with Gasteiger partial charge in [-0.05, 0) is 0 Å². The molecule has 3 atom stereocenters. The molecule has 44 heteroatoms.